The highest BCUT2D eigenvalue weighted by atomic mass is 32.1. The molecule has 9 atom stereocenters. The van der Waals surface area contributed by atoms with Crippen LogP contribution < -0.4 is 87.2 Å². The number of thiol groups is 1. The number of nitrogens with zero attached hydrogens (tertiary/aromatic N) is 2. The van der Waals surface area contributed by atoms with Gasteiger partial charge in [0.1, 0.15) is 48.3 Å². The number of amides is 14. The fraction of sp³-hybridized carbons (Fsp3) is 0.630. The molecular formula is C46H76N18O20S. The van der Waals surface area contributed by atoms with E-state index < -0.39 is 213 Å². The Kier molecular flexibility index (Phi) is 33.1. The predicted octanol–water partition coefficient (Wildman–Crippen LogP) is -12.5. The maximum atomic E-state index is 13.4. The third-order valence-electron chi connectivity index (χ3n) is 11.8. The zero-order chi connectivity index (χ0) is 64.7. The number of aliphatic hydroxyl groups excluding tert-OH is 2. The molecule has 1 fully saturated rings. The lowest BCUT2D eigenvalue weighted by molar-refractivity contribution is -0.144. The average Bonchev–Trinajstić information content (AvgIpc) is 3.96. The number of carbonyl (C=O) groups excluding carboxylic acids is 14. The summed E-state index contributed by atoms with van der Waals surface area (Å²) in [5.41, 5.74) is 26.6. The molecule has 85 heavy (non-hydrogen) atoms. The van der Waals surface area contributed by atoms with Crippen LogP contribution in [-0.4, -0.2) is 239 Å². The van der Waals surface area contributed by atoms with Crippen molar-refractivity contribution in [1.82, 2.24) is 63.4 Å². The van der Waals surface area contributed by atoms with E-state index in [-0.39, 0.29) is 44.2 Å². The first-order chi connectivity index (χ1) is 39.8. The summed E-state index contributed by atoms with van der Waals surface area (Å²) in [5.74, 6) is -18.7. The number of likely N-dealkylation sites (tertiary alicyclic amines) is 1. The van der Waals surface area contributed by atoms with Crippen molar-refractivity contribution in [2.24, 2.45) is 39.6 Å². The molecule has 1 saturated heterocycles. The first kappa shape index (κ1) is 74.0. The van der Waals surface area contributed by atoms with E-state index in [1.54, 1.807) is 13.8 Å². The first-order valence-electron chi connectivity index (χ1n) is 26.0. The summed E-state index contributed by atoms with van der Waals surface area (Å²) < 4.78 is 0. The summed E-state index contributed by atoms with van der Waals surface area (Å²) in [5, 5.41) is 62.1. The number of carboxylic acids is 2. The van der Waals surface area contributed by atoms with Crippen LogP contribution in [0.5, 0.6) is 0 Å². The fourth-order valence-electron chi connectivity index (χ4n) is 7.53. The number of aliphatic imine (C=N–C) groups is 1. The average molecular weight is 1230 g/mol. The lowest BCUT2D eigenvalue weighted by atomic mass is 10.0. The Bertz CT molecular complexity index is 2480. The Morgan fingerprint density at radius 3 is 1.51 bits per heavy atom. The molecule has 0 spiro atoms. The largest absolute Gasteiger partial charge is 0.481 e. The van der Waals surface area contributed by atoms with Crippen LogP contribution in [-0.2, 0) is 76.7 Å². The van der Waals surface area contributed by atoms with Crippen LogP contribution >= 0.6 is 12.6 Å². The lowest BCUT2D eigenvalue weighted by Gasteiger charge is -2.27. The number of primary amides is 2. The van der Waals surface area contributed by atoms with Crippen molar-refractivity contribution >= 4 is 113 Å². The minimum Gasteiger partial charge on any atom is -0.481 e. The summed E-state index contributed by atoms with van der Waals surface area (Å²) >= 11 is 3.99. The third-order valence-corrected chi connectivity index (χ3v) is 12.1. The van der Waals surface area contributed by atoms with E-state index in [9.17, 15) is 97.1 Å². The Hall–Kier alpha value is -8.98. The molecule has 0 aromatic heterocycles. The van der Waals surface area contributed by atoms with Crippen LogP contribution in [0.3, 0.4) is 0 Å². The molecule has 0 aromatic rings. The molecule has 0 bridgehead atoms. The molecule has 476 valence electrons. The van der Waals surface area contributed by atoms with E-state index in [0.29, 0.717) is 12.8 Å². The summed E-state index contributed by atoms with van der Waals surface area (Å²) in [6.07, 6.45) is -1.84. The number of hydrogen-bond acceptors (Lipinski definition) is 21. The zero-order valence-electron chi connectivity index (χ0n) is 46.3. The van der Waals surface area contributed by atoms with Gasteiger partial charge in [0, 0.05) is 18.8 Å². The van der Waals surface area contributed by atoms with Gasteiger partial charge in [0.05, 0.1) is 64.7 Å². The van der Waals surface area contributed by atoms with E-state index in [1.807, 2.05) is 16.0 Å². The van der Waals surface area contributed by atoms with Crippen molar-refractivity contribution in [2.45, 2.75) is 120 Å². The SMILES string of the molecule is CC(C)C[C@H](NC(=O)[C@@H]1CCCN1C(=O)CNC(=O)CNC(=O)[C@H](CO)NC(=O)[C@H](CC(=O)O)NC(=O)CNC(=O)[C@H](CC(N)=O)NC(=O)[C@H](CS)NC(=O)CNC(=O)[C@H](CO)NC(=O)[C@@H](N)CCCN=C(N)N)C(=O)N[C@@H](CC(N)=O)C(=O)O. The van der Waals surface area contributed by atoms with Crippen LogP contribution in [0.25, 0.3) is 0 Å². The highest BCUT2D eigenvalue weighted by Gasteiger charge is 2.38. The summed E-state index contributed by atoms with van der Waals surface area (Å²) in [6.45, 7) is -1.85. The van der Waals surface area contributed by atoms with Crippen LogP contribution in [0.2, 0.25) is 0 Å². The minimum atomic E-state index is -2.00. The van der Waals surface area contributed by atoms with E-state index in [1.165, 1.54) is 0 Å². The van der Waals surface area contributed by atoms with Gasteiger partial charge in [0.2, 0.25) is 82.7 Å². The van der Waals surface area contributed by atoms with Gasteiger partial charge < -0.3 is 112 Å². The molecule has 1 aliphatic rings. The molecule has 1 heterocycles. The number of aliphatic hydroxyl groups is 2. The number of carbonyl (C=O) groups is 16. The molecule has 0 aromatic carbocycles. The lowest BCUT2D eigenvalue weighted by Crippen LogP contribution is -2.58. The second-order valence-corrected chi connectivity index (χ2v) is 19.6. The van der Waals surface area contributed by atoms with Crippen LogP contribution in [0.15, 0.2) is 4.99 Å². The summed E-state index contributed by atoms with van der Waals surface area (Å²) in [6, 6.07) is -14.0. The second-order valence-electron chi connectivity index (χ2n) is 19.2. The molecule has 0 aliphatic carbocycles. The van der Waals surface area contributed by atoms with Crippen molar-refractivity contribution in [3.63, 3.8) is 0 Å². The Labute approximate surface area is 489 Å². The standard InChI is InChI=1S/C46H76N18O20S/c1-20(2)9-22(41(79)61-25(45(83)84)11-31(49)68)60-44(82)29-6-4-8-64(29)35(72)16-53-32(69)13-54-40(78)27(18-66)63-42(80)24(12-36(73)74)57-33(70)14-55-38(76)23(10-30(48)67)59-43(81)28(19-85)58-34(71)15-56-39(77)26(17-65)62-37(75)21(47)5-3-7-52-46(50)51/h20-29,65-66,85H,3-19,47H2,1-2H3,(H2,48,67)(H2,49,68)(H,53,69)(H,54,78)(H,55,76)(H,56,77)(H,57,70)(H,58,71)(H,59,81)(H,60,82)(H,61,79)(H,62,75)(H,63,80)(H,73,74)(H,83,84)(H4,50,51,52)/t21-,22-,23-,24-,25-,26-,27-,28-,29-/m0/s1. The molecule has 39 heteroatoms. The number of aliphatic carboxylic acids is 2. The molecule has 1 aliphatic heterocycles. The topological polar surface area (TPSA) is 632 Å². The maximum absolute atomic E-state index is 13.4. The number of nitrogens with one attached hydrogen (secondary N) is 11. The maximum Gasteiger partial charge on any atom is 0.326 e. The molecule has 1 rings (SSSR count). The van der Waals surface area contributed by atoms with Gasteiger partial charge >= 0.3 is 11.9 Å². The molecule has 14 amide bonds. The van der Waals surface area contributed by atoms with Gasteiger partial charge in [0.15, 0.2) is 5.96 Å². The van der Waals surface area contributed by atoms with Crippen molar-refractivity contribution in [3.8, 4) is 0 Å². The zero-order valence-corrected chi connectivity index (χ0v) is 47.2. The molecule has 0 radical (unpaired) electrons. The highest BCUT2D eigenvalue weighted by molar-refractivity contribution is 7.80. The first-order valence-corrected chi connectivity index (χ1v) is 26.6. The number of hydrogen-bond donors (Lipinski definition) is 21. The van der Waals surface area contributed by atoms with Gasteiger partial charge in [-0.05, 0) is 38.0 Å². The normalized spacial score (nSPS) is 15.4. The fourth-order valence-corrected chi connectivity index (χ4v) is 7.79. The van der Waals surface area contributed by atoms with Crippen LogP contribution in [0, 0.1) is 5.92 Å². The van der Waals surface area contributed by atoms with E-state index in [0.717, 1.165) is 4.90 Å². The summed E-state index contributed by atoms with van der Waals surface area (Å²) in [7, 11) is 0. The Balaban J connectivity index is 2.84. The van der Waals surface area contributed by atoms with Gasteiger partial charge in [-0.25, -0.2) is 4.79 Å². The Morgan fingerprint density at radius 1 is 0.553 bits per heavy atom. The molecular weight excluding hydrogens is 1160 g/mol. The quantitative estimate of drug-likeness (QED) is 0.0118. The summed E-state index contributed by atoms with van der Waals surface area (Å²) in [4.78, 5) is 207. The highest BCUT2D eigenvalue weighted by Crippen LogP contribution is 2.18. The van der Waals surface area contributed by atoms with Gasteiger partial charge in [-0.3, -0.25) is 76.9 Å². The van der Waals surface area contributed by atoms with E-state index in [2.05, 4.69) is 60.2 Å². The van der Waals surface area contributed by atoms with E-state index in [4.69, 9.17) is 28.7 Å². The second kappa shape index (κ2) is 38.0. The van der Waals surface area contributed by atoms with Crippen molar-refractivity contribution in [3.05, 3.63) is 0 Å². The van der Waals surface area contributed by atoms with Crippen LogP contribution in [0.4, 0.5) is 0 Å². The number of guanidine groups is 1. The molecule has 0 unspecified atom stereocenters. The Morgan fingerprint density at radius 2 is 1.01 bits per heavy atom. The smallest absolute Gasteiger partial charge is 0.326 e. The molecule has 38 nitrogen and oxygen atoms in total. The van der Waals surface area contributed by atoms with Gasteiger partial charge in [-0.2, -0.15) is 12.6 Å². The third kappa shape index (κ3) is 28.7. The minimum absolute atomic E-state index is 0.0336. The predicted molar refractivity (Wildman–Crippen MR) is 293 cm³/mol. The monoisotopic (exact) mass is 1230 g/mol. The van der Waals surface area contributed by atoms with Crippen molar-refractivity contribution in [2.75, 3.05) is 58.2 Å². The number of rotatable bonds is 39. The van der Waals surface area contributed by atoms with Crippen molar-refractivity contribution < 1.29 is 97.1 Å². The van der Waals surface area contributed by atoms with Gasteiger partial charge in [-0.1, -0.05) is 13.8 Å². The molecule has 0 saturated carbocycles. The van der Waals surface area contributed by atoms with Crippen molar-refractivity contribution in [1.29, 1.82) is 0 Å². The molecule has 25 N–H and O–H groups in total. The number of carboxylic acid groups (broad SMARTS) is 2. The van der Waals surface area contributed by atoms with Gasteiger partial charge in [0.25, 0.3) is 0 Å². The van der Waals surface area contributed by atoms with Gasteiger partial charge in [-0.15, -0.1) is 0 Å². The number of nitrogens with two attached hydrogens (primary N) is 5. The van der Waals surface area contributed by atoms with E-state index >= 15 is 0 Å². The van der Waals surface area contributed by atoms with Crippen LogP contribution in [0.1, 0.15) is 65.2 Å².